The van der Waals surface area contributed by atoms with Crippen LogP contribution in [0.4, 0.5) is 21.0 Å². The molecule has 0 radical (unpaired) electrons. The Labute approximate surface area is 259 Å². The molecule has 0 saturated carbocycles. The number of unbranched alkanes of at least 4 members (excludes halogenated alkanes) is 15. The molecule has 0 aliphatic rings. The number of aliphatic hydroxyl groups excluding tert-OH is 1. The summed E-state index contributed by atoms with van der Waals surface area (Å²) < 4.78 is 5.36. The zero-order valence-corrected chi connectivity index (χ0v) is 26.6. The molecule has 0 aliphatic carbocycles. The second kappa shape index (κ2) is 22.1. The van der Waals surface area contributed by atoms with Gasteiger partial charge in [-0.05, 0) is 48.7 Å². The quantitative estimate of drug-likeness (QED) is 0.0806. The molecule has 0 fully saturated rings. The lowest BCUT2D eigenvalue weighted by Crippen LogP contribution is -2.29. The SMILES string of the molecule is C=C(O)Cc1ccc(OC(=O)Nc2cc(NC(=O)NCCCCCCCCCCCCCCCCCC)ccc2C)cc1. The molecule has 2 aromatic carbocycles. The van der Waals surface area contributed by atoms with Crippen molar-refractivity contribution in [2.75, 3.05) is 17.2 Å². The summed E-state index contributed by atoms with van der Waals surface area (Å²) in [6, 6.07) is 11.9. The van der Waals surface area contributed by atoms with Crippen molar-refractivity contribution in [1.29, 1.82) is 0 Å². The number of carbonyl (C=O) groups is 2. The molecule has 2 aromatic rings. The molecule has 2 rings (SSSR count). The van der Waals surface area contributed by atoms with E-state index in [-0.39, 0.29) is 11.8 Å². The maximum atomic E-state index is 12.4. The summed E-state index contributed by atoms with van der Waals surface area (Å²) in [4.78, 5) is 24.8. The summed E-state index contributed by atoms with van der Waals surface area (Å²) in [7, 11) is 0. The van der Waals surface area contributed by atoms with E-state index in [0.717, 1.165) is 24.0 Å². The van der Waals surface area contributed by atoms with Crippen LogP contribution in [0.2, 0.25) is 0 Å². The number of rotatable bonds is 22. The number of hydrogen-bond acceptors (Lipinski definition) is 4. The van der Waals surface area contributed by atoms with Crippen molar-refractivity contribution >= 4 is 23.5 Å². The Bertz CT molecular complexity index is 1080. The van der Waals surface area contributed by atoms with Gasteiger partial charge in [0.1, 0.15) is 5.75 Å². The van der Waals surface area contributed by atoms with E-state index in [1.165, 1.54) is 89.9 Å². The third-order valence-electron chi connectivity index (χ3n) is 7.59. The van der Waals surface area contributed by atoms with Crippen LogP contribution in [0, 0.1) is 6.92 Å². The van der Waals surface area contributed by atoms with Gasteiger partial charge in [0.25, 0.3) is 0 Å². The first-order valence-electron chi connectivity index (χ1n) is 16.5. The molecule has 4 N–H and O–H groups in total. The van der Waals surface area contributed by atoms with Crippen molar-refractivity contribution in [2.24, 2.45) is 0 Å². The number of anilines is 2. The number of amides is 3. The number of urea groups is 1. The first-order chi connectivity index (χ1) is 20.9. The van der Waals surface area contributed by atoms with Gasteiger partial charge in [0.05, 0.1) is 5.76 Å². The van der Waals surface area contributed by atoms with Gasteiger partial charge < -0.3 is 20.5 Å². The van der Waals surface area contributed by atoms with Crippen LogP contribution in [-0.2, 0) is 6.42 Å². The fraction of sp³-hybridized carbons (Fsp3) is 0.556. The molecule has 0 saturated heterocycles. The average Bonchev–Trinajstić information content (AvgIpc) is 2.97. The first-order valence-corrected chi connectivity index (χ1v) is 16.5. The predicted octanol–water partition coefficient (Wildman–Crippen LogP) is 10.6. The number of benzene rings is 2. The van der Waals surface area contributed by atoms with E-state index in [9.17, 15) is 14.7 Å². The number of nitrogens with one attached hydrogen (secondary N) is 3. The van der Waals surface area contributed by atoms with Crippen LogP contribution in [0.15, 0.2) is 54.8 Å². The summed E-state index contributed by atoms with van der Waals surface area (Å²) in [5, 5.41) is 17.8. The average molecular weight is 594 g/mol. The summed E-state index contributed by atoms with van der Waals surface area (Å²) in [5.41, 5.74) is 2.84. The Morgan fingerprint density at radius 3 is 1.81 bits per heavy atom. The number of ether oxygens (including phenoxy) is 1. The largest absolute Gasteiger partial charge is 0.513 e. The highest BCUT2D eigenvalue weighted by atomic mass is 16.6. The summed E-state index contributed by atoms with van der Waals surface area (Å²) in [6.45, 7) is 8.26. The predicted molar refractivity (Wildman–Crippen MR) is 179 cm³/mol. The zero-order valence-electron chi connectivity index (χ0n) is 26.6. The molecular weight excluding hydrogens is 538 g/mol. The van der Waals surface area contributed by atoms with Crippen LogP contribution < -0.4 is 20.7 Å². The highest BCUT2D eigenvalue weighted by molar-refractivity contribution is 5.92. The summed E-state index contributed by atoms with van der Waals surface area (Å²) in [6.07, 6.45) is 20.9. The second-order valence-corrected chi connectivity index (χ2v) is 11.6. The second-order valence-electron chi connectivity index (χ2n) is 11.6. The van der Waals surface area contributed by atoms with Crippen molar-refractivity contribution in [1.82, 2.24) is 5.32 Å². The van der Waals surface area contributed by atoms with Crippen molar-refractivity contribution in [3.05, 3.63) is 65.9 Å². The fourth-order valence-electron chi connectivity index (χ4n) is 5.04. The van der Waals surface area contributed by atoms with Crippen LogP contribution in [0.3, 0.4) is 0 Å². The number of aliphatic hydroxyl groups is 1. The van der Waals surface area contributed by atoms with E-state index < -0.39 is 6.09 Å². The van der Waals surface area contributed by atoms with Crippen molar-refractivity contribution < 1.29 is 19.4 Å². The zero-order chi connectivity index (χ0) is 31.1. The van der Waals surface area contributed by atoms with Gasteiger partial charge >= 0.3 is 12.1 Å². The summed E-state index contributed by atoms with van der Waals surface area (Å²) in [5.74, 6) is 0.453. The van der Waals surface area contributed by atoms with E-state index in [4.69, 9.17) is 4.74 Å². The third kappa shape index (κ3) is 17.3. The molecule has 0 aromatic heterocycles. The minimum absolute atomic E-state index is 0.0734. The number of aryl methyl sites for hydroxylation is 1. The molecule has 0 heterocycles. The fourth-order valence-corrected chi connectivity index (χ4v) is 5.04. The Balaban J connectivity index is 1.53. The first kappa shape index (κ1) is 35.7. The summed E-state index contributed by atoms with van der Waals surface area (Å²) >= 11 is 0. The van der Waals surface area contributed by atoms with Crippen LogP contribution >= 0.6 is 0 Å². The van der Waals surface area contributed by atoms with Gasteiger partial charge in [-0.1, -0.05) is 128 Å². The maximum Gasteiger partial charge on any atom is 0.417 e. The van der Waals surface area contributed by atoms with Crippen molar-refractivity contribution in [3.63, 3.8) is 0 Å². The van der Waals surface area contributed by atoms with E-state index in [0.29, 0.717) is 30.1 Å². The lowest BCUT2D eigenvalue weighted by atomic mass is 10.0. The third-order valence-corrected chi connectivity index (χ3v) is 7.59. The minimum Gasteiger partial charge on any atom is -0.513 e. The van der Waals surface area contributed by atoms with E-state index in [1.54, 1.807) is 36.4 Å². The topological polar surface area (TPSA) is 99.7 Å². The van der Waals surface area contributed by atoms with Crippen LogP contribution in [0.1, 0.15) is 121 Å². The van der Waals surface area contributed by atoms with Gasteiger partial charge in [-0.15, -0.1) is 0 Å². The van der Waals surface area contributed by atoms with Crippen LogP contribution in [0.25, 0.3) is 0 Å². The monoisotopic (exact) mass is 593 g/mol. The Morgan fingerprint density at radius 2 is 1.28 bits per heavy atom. The maximum absolute atomic E-state index is 12.4. The van der Waals surface area contributed by atoms with E-state index in [2.05, 4.69) is 29.5 Å². The van der Waals surface area contributed by atoms with Crippen molar-refractivity contribution in [2.45, 2.75) is 123 Å². The Kier molecular flexibility index (Phi) is 18.4. The van der Waals surface area contributed by atoms with Gasteiger partial charge in [0, 0.05) is 24.3 Å². The van der Waals surface area contributed by atoms with Crippen LogP contribution in [0.5, 0.6) is 5.75 Å². The normalized spacial score (nSPS) is 10.7. The molecule has 43 heavy (non-hydrogen) atoms. The van der Waals surface area contributed by atoms with E-state index in [1.807, 2.05) is 13.0 Å². The van der Waals surface area contributed by atoms with Crippen LogP contribution in [-0.4, -0.2) is 23.8 Å². The Morgan fingerprint density at radius 1 is 0.744 bits per heavy atom. The highest BCUT2D eigenvalue weighted by Gasteiger charge is 2.10. The van der Waals surface area contributed by atoms with Gasteiger partial charge in [-0.2, -0.15) is 0 Å². The molecule has 0 atom stereocenters. The smallest absolute Gasteiger partial charge is 0.417 e. The van der Waals surface area contributed by atoms with Gasteiger partial charge in [-0.3, -0.25) is 5.32 Å². The highest BCUT2D eigenvalue weighted by Crippen LogP contribution is 2.22. The van der Waals surface area contributed by atoms with Crippen molar-refractivity contribution in [3.8, 4) is 5.75 Å². The number of carbonyl (C=O) groups excluding carboxylic acids is 2. The standard InChI is InChI=1S/C36H55N3O4/c1-4-5-6-7-8-9-10-11-12-13-14-15-16-17-18-19-26-37-35(41)38-32-23-20-29(2)34(28-32)39-36(42)43-33-24-21-31(22-25-33)27-30(3)40/h20-25,28,40H,3-19,26-27H2,1-2H3,(H,39,42)(H2,37,38,41). The molecule has 3 amide bonds. The molecule has 7 heteroatoms. The molecular formula is C36H55N3O4. The molecule has 0 spiro atoms. The molecule has 0 bridgehead atoms. The molecule has 0 unspecified atom stereocenters. The Hall–Kier alpha value is -3.48. The minimum atomic E-state index is -0.632. The van der Waals surface area contributed by atoms with Gasteiger partial charge in [-0.25, -0.2) is 9.59 Å². The van der Waals surface area contributed by atoms with Gasteiger partial charge in [0.2, 0.25) is 0 Å². The molecule has 7 nitrogen and oxygen atoms in total. The van der Waals surface area contributed by atoms with E-state index >= 15 is 0 Å². The molecule has 0 aliphatic heterocycles. The lowest BCUT2D eigenvalue weighted by Gasteiger charge is -2.12. The van der Waals surface area contributed by atoms with Gasteiger partial charge in [0.15, 0.2) is 0 Å². The lowest BCUT2D eigenvalue weighted by molar-refractivity contribution is 0.215. The number of allylic oxidation sites excluding steroid dienone is 1. The molecule has 238 valence electrons. The number of hydrogen-bond donors (Lipinski definition) is 4.